The summed E-state index contributed by atoms with van der Waals surface area (Å²) in [5.41, 5.74) is -0.329. The van der Waals surface area contributed by atoms with E-state index >= 15 is 0 Å². The molecule has 1 aliphatic heterocycles. The number of ether oxygens (including phenoxy) is 1. The van der Waals surface area contributed by atoms with E-state index in [1.807, 2.05) is 7.05 Å². The fraction of sp³-hybridized carbons (Fsp3) is 0.857. The molecule has 0 aromatic carbocycles. The van der Waals surface area contributed by atoms with Gasteiger partial charge in [0.25, 0.3) is 0 Å². The molecule has 1 aliphatic carbocycles. The third-order valence-corrected chi connectivity index (χ3v) is 4.62. The van der Waals surface area contributed by atoms with Crippen molar-refractivity contribution in [3.63, 3.8) is 0 Å². The van der Waals surface area contributed by atoms with Crippen LogP contribution >= 0.6 is 0 Å². The van der Waals surface area contributed by atoms with E-state index in [9.17, 15) is 0 Å². The van der Waals surface area contributed by atoms with E-state index < -0.39 is 0 Å². The number of rotatable bonds is 3. The van der Waals surface area contributed by atoms with Gasteiger partial charge in [-0.05, 0) is 52.5 Å². The first kappa shape index (κ1) is 13.1. The van der Waals surface area contributed by atoms with E-state index in [1.165, 1.54) is 12.8 Å². The van der Waals surface area contributed by atoms with Gasteiger partial charge < -0.3 is 14.6 Å². The van der Waals surface area contributed by atoms with Gasteiger partial charge in [0.2, 0.25) is 11.7 Å². The Morgan fingerprint density at radius 3 is 2.68 bits per heavy atom. The Kier molecular flexibility index (Phi) is 3.58. The Hall–Kier alpha value is -0.940. The highest BCUT2D eigenvalue weighted by Gasteiger charge is 2.37. The van der Waals surface area contributed by atoms with Crippen LogP contribution < -0.4 is 5.32 Å². The van der Waals surface area contributed by atoms with Crippen molar-refractivity contribution < 1.29 is 9.26 Å². The first-order valence-corrected chi connectivity index (χ1v) is 7.36. The lowest BCUT2D eigenvalue weighted by atomic mass is 9.86. The molecule has 1 N–H and O–H groups in total. The van der Waals surface area contributed by atoms with Crippen LogP contribution in [0.2, 0.25) is 0 Å². The average Bonchev–Trinajstić information content (AvgIpc) is 3.08. The molecule has 2 fully saturated rings. The molecule has 1 unspecified atom stereocenters. The maximum atomic E-state index is 5.77. The van der Waals surface area contributed by atoms with Gasteiger partial charge in [-0.3, -0.25) is 0 Å². The molecule has 3 rings (SSSR count). The molecule has 0 amide bonds. The predicted molar refractivity (Wildman–Crippen MR) is 70.9 cm³/mol. The second-order valence-corrected chi connectivity index (χ2v) is 5.98. The van der Waals surface area contributed by atoms with Crippen molar-refractivity contribution >= 4 is 0 Å². The molecular formula is C14H23N3O2. The lowest BCUT2D eigenvalue weighted by Crippen LogP contribution is -2.29. The second kappa shape index (κ2) is 5.21. The minimum Gasteiger partial charge on any atom is -0.367 e. The third-order valence-electron chi connectivity index (χ3n) is 4.62. The maximum Gasteiger partial charge on any atom is 0.229 e. The van der Waals surface area contributed by atoms with Crippen LogP contribution in [0.3, 0.4) is 0 Å². The Morgan fingerprint density at radius 2 is 2.05 bits per heavy atom. The van der Waals surface area contributed by atoms with Crippen LogP contribution in [-0.4, -0.2) is 29.8 Å². The first-order chi connectivity index (χ1) is 9.21. The monoisotopic (exact) mass is 265 g/mol. The summed E-state index contributed by atoms with van der Waals surface area (Å²) in [7, 11) is 2.04. The van der Waals surface area contributed by atoms with Gasteiger partial charge in [0.05, 0.1) is 0 Å². The van der Waals surface area contributed by atoms with E-state index in [0.29, 0.717) is 12.0 Å². The molecular weight excluding hydrogens is 242 g/mol. The molecule has 0 bridgehead atoms. The molecule has 0 spiro atoms. The van der Waals surface area contributed by atoms with Gasteiger partial charge in [-0.15, -0.1) is 0 Å². The van der Waals surface area contributed by atoms with Crippen molar-refractivity contribution in [3.05, 3.63) is 11.7 Å². The fourth-order valence-corrected chi connectivity index (χ4v) is 3.20. The van der Waals surface area contributed by atoms with Gasteiger partial charge in [-0.2, -0.15) is 4.98 Å². The summed E-state index contributed by atoms with van der Waals surface area (Å²) >= 11 is 0. The summed E-state index contributed by atoms with van der Waals surface area (Å²) in [6.07, 6.45) is 6.70. The number of nitrogens with one attached hydrogen (secondary N) is 1. The Balaban J connectivity index is 1.68. The van der Waals surface area contributed by atoms with Gasteiger partial charge in [0.15, 0.2) is 0 Å². The van der Waals surface area contributed by atoms with Gasteiger partial charge in [0.1, 0.15) is 5.60 Å². The van der Waals surface area contributed by atoms with E-state index in [2.05, 4.69) is 22.4 Å². The second-order valence-electron chi connectivity index (χ2n) is 5.98. The van der Waals surface area contributed by atoms with Crippen LogP contribution in [0.15, 0.2) is 4.52 Å². The van der Waals surface area contributed by atoms with Crippen LogP contribution in [0.25, 0.3) is 0 Å². The predicted octanol–water partition coefficient (Wildman–Crippen LogP) is 2.34. The lowest BCUT2D eigenvalue weighted by molar-refractivity contribution is 0.00768. The summed E-state index contributed by atoms with van der Waals surface area (Å²) in [5, 5.41) is 7.50. The summed E-state index contributed by atoms with van der Waals surface area (Å²) in [5.74, 6) is 1.97. The van der Waals surface area contributed by atoms with Crippen LogP contribution in [0.5, 0.6) is 0 Å². The molecule has 1 saturated heterocycles. The van der Waals surface area contributed by atoms with E-state index in [-0.39, 0.29) is 5.60 Å². The van der Waals surface area contributed by atoms with Gasteiger partial charge in [-0.1, -0.05) is 5.16 Å². The summed E-state index contributed by atoms with van der Waals surface area (Å²) in [6, 6.07) is 0.648. The minimum absolute atomic E-state index is 0.329. The molecule has 1 aromatic heterocycles. The van der Waals surface area contributed by atoms with Gasteiger partial charge >= 0.3 is 0 Å². The smallest absolute Gasteiger partial charge is 0.229 e. The molecule has 2 aliphatic rings. The summed E-state index contributed by atoms with van der Waals surface area (Å²) < 4.78 is 11.3. The van der Waals surface area contributed by atoms with Crippen molar-refractivity contribution in [2.45, 2.75) is 63.0 Å². The quantitative estimate of drug-likeness (QED) is 0.909. The van der Waals surface area contributed by atoms with Crippen LogP contribution in [0.4, 0.5) is 0 Å². The van der Waals surface area contributed by atoms with Gasteiger partial charge in [0, 0.05) is 18.6 Å². The Morgan fingerprint density at radius 1 is 1.26 bits per heavy atom. The Labute approximate surface area is 114 Å². The van der Waals surface area contributed by atoms with Crippen LogP contribution in [0.1, 0.15) is 63.1 Å². The van der Waals surface area contributed by atoms with E-state index in [1.54, 1.807) is 0 Å². The molecule has 1 saturated carbocycles. The van der Waals surface area contributed by atoms with E-state index in [0.717, 1.165) is 44.0 Å². The van der Waals surface area contributed by atoms with Crippen molar-refractivity contribution in [2.75, 3.05) is 13.7 Å². The standard InChI is InChI=1S/C14H23N3O2/c1-14(8-3-9-18-14)13-16-12(19-17-13)10-4-6-11(15-2)7-5-10/h10-11,15H,3-9H2,1-2H3. The average molecular weight is 265 g/mol. The number of hydrogen-bond donors (Lipinski definition) is 1. The molecule has 5 heteroatoms. The van der Waals surface area contributed by atoms with Crippen molar-refractivity contribution in [2.24, 2.45) is 0 Å². The van der Waals surface area contributed by atoms with Crippen molar-refractivity contribution in [1.82, 2.24) is 15.5 Å². The minimum atomic E-state index is -0.329. The SMILES string of the molecule is CNC1CCC(c2nc(C3(C)CCCO3)no2)CC1. The molecule has 2 heterocycles. The number of hydrogen-bond acceptors (Lipinski definition) is 5. The van der Waals surface area contributed by atoms with Crippen molar-refractivity contribution in [1.29, 1.82) is 0 Å². The topological polar surface area (TPSA) is 60.2 Å². The zero-order valence-electron chi connectivity index (χ0n) is 11.8. The molecule has 0 radical (unpaired) electrons. The molecule has 1 aromatic rings. The lowest BCUT2D eigenvalue weighted by Gasteiger charge is -2.25. The van der Waals surface area contributed by atoms with Crippen LogP contribution in [-0.2, 0) is 10.3 Å². The van der Waals surface area contributed by atoms with E-state index in [4.69, 9.17) is 9.26 Å². The van der Waals surface area contributed by atoms with Crippen LogP contribution in [0, 0.1) is 0 Å². The van der Waals surface area contributed by atoms with Gasteiger partial charge in [-0.25, -0.2) is 0 Å². The fourth-order valence-electron chi connectivity index (χ4n) is 3.20. The first-order valence-electron chi connectivity index (χ1n) is 7.36. The normalized spacial score (nSPS) is 35.7. The molecule has 19 heavy (non-hydrogen) atoms. The molecule has 5 nitrogen and oxygen atoms in total. The largest absolute Gasteiger partial charge is 0.367 e. The molecule has 106 valence electrons. The zero-order valence-corrected chi connectivity index (χ0v) is 11.8. The summed E-state index contributed by atoms with van der Waals surface area (Å²) in [4.78, 5) is 4.62. The molecule has 1 atom stereocenters. The van der Waals surface area contributed by atoms with Crippen molar-refractivity contribution in [3.8, 4) is 0 Å². The Bertz CT molecular complexity index is 418. The zero-order chi connectivity index (χ0) is 13.3. The highest BCUT2D eigenvalue weighted by Crippen LogP contribution is 2.36. The third kappa shape index (κ3) is 2.54. The highest BCUT2D eigenvalue weighted by atomic mass is 16.5. The highest BCUT2D eigenvalue weighted by molar-refractivity contribution is 5.04. The maximum absolute atomic E-state index is 5.77. The number of nitrogens with zero attached hydrogens (tertiary/aromatic N) is 2. The number of aromatic nitrogens is 2. The summed E-state index contributed by atoms with van der Waals surface area (Å²) in [6.45, 7) is 2.86.